The van der Waals surface area contributed by atoms with Crippen molar-refractivity contribution >= 4 is 27.5 Å². The van der Waals surface area contributed by atoms with Gasteiger partial charge in [0.15, 0.2) is 0 Å². The molecule has 1 amide bonds. The molecule has 1 aromatic rings. The fourth-order valence-corrected chi connectivity index (χ4v) is 2.26. The molecule has 0 saturated heterocycles. The second kappa shape index (κ2) is 5.04. The molecule has 3 N–H and O–H groups in total. The van der Waals surface area contributed by atoms with Crippen LogP contribution in [0.4, 0.5) is 10.1 Å². The average molecular weight is 301 g/mol. The van der Waals surface area contributed by atoms with E-state index in [1.807, 2.05) is 0 Å². The van der Waals surface area contributed by atoms with E-state index in [-0.39, 0.29) is 11.6 Å². The molecule has 2 rings (SSSR count). The summed E-state index contributed by atoms with van der Waals surface area (Å²) >= 11 is 3.16. The van der Waals surface area contributed by atoms with Gasteiger partial charge in [-0.1, -0.05) is 6.42 Å². The third-order valence-corrected chi connectivity index (χ3v) is 3.76. The Kier molecular flexibility index (Phi) is 3.66. The van der Waals surface area contributed by atoms with Crippen LogP contribution in [0.15, 0.2) is 16.6 Å². The van der Waals surface area contributed by atoms with Gasteiger partial charge in [0.25, 0.3) is 5.91 Å². The summed E-state index contributed by atoms with van der Waals surface area (Å²) in [5.41, 5.74) is 5.81. The first-order chi connectivity index (χ1) is 8.08. The largest absolute Gasteiger partial charge is 0.396 e. The highest BCUT2D eigenvalue weighted by atomic mass is 79.9. The van der Waals surface area contributed by atoms with Crippen LogP contribution >= 0.6 is 15.9 Å². The number of hydrogen-bond donors (Lipinski definition) is 2. The van der Waals surface area contributed by atoms with Gasteiger partial charge < -0.3 is 11.1 Å². The molecule has 0 aliphatic heterocycles. The van der Waals surface area contributed by atoms with E-state index in [1.165, 1.54) is 31.4 Å². The number of hydrogen-bond acceptors (Lipinski definition) is 2. The fraction of sp³-hybridized carbons (Fsp3) is 0.417. The Bertz CT molecular complexity index is 446. The first kappa shape index (κ1) is 12.4. The summed E-state index contributed by atoms with van der Waals surface area (Å²) in [5.74, 6) is -0.140. The molecule has 0 bridgehead atoms. The molecule has 0 unspecified atom stereocenters. The zero-order valence-electron chi connectivity index (χ0n) is 9.30. The van der Waals surface area contributed by atoms with Crippen LogP contribution in [0.3, 0.4) is 0 Å². The van der Waals surface area contributed by atoms with Crippen molar-refractivity contribution in [3.8, 4) is 0 Å². The third kappa shape index (κ3) is 2.77. The summed E-state index contributed by atoms with van der Waals surface area (Å²) in [7, 11) is 0. The number of carbonyl (C=O) groups is 1. The van der Waals surface area contributed by atoms with Crippen molar-refractivity contribution in [2.24, 2.45) is 5.92 Å². The van der Waals surface area contributed by atoms with Crippen LogP contribution in [0, 0.1) is 11.7 Å². The Labute approximate surface area is 108 Å². The molecular formula is C12H14BrFN2O. The van der Waals surface area contributed by atoms with Gasteiger partial charge in [0.2, 0.25) is 0 Å². The van der Waals surface area contributed by atoms with Gasteiger partial charge in [0.05, 0.1) is 11.3 Å². The number of amides is 1. The van der Waals surface area contributed by atoms with Gasteiger partial charge >= 0.3 is 0 Å². The standard InChI is InChI=1S/C12H14BrFN2O/c13-9-5-10(14)11(15)4-8(9)12(17)16-6-7-2-1-3-7/h4-5,7H,1-3,6,15H2,(H,16,17). The van der Waals surface area contributed by atoms with Gasteiger partial charge in [-0.3, -0.25) is 4.79 Å². The Balaban J connectivity index is 2.04. The third-order valence-electron chi connectivity index (χ3n) is 3.11. The highest BCUT2D eigenvalue weighted by Gasteiger charge is 2.19. The Hall–Kier alpha value is -1.10. The number of nitrogens with one attached hydrogen (secondary N) is 1. The number of anilines is 1. The van der Waals surface area contributed by atoms with Crippen molar-refractivity contribution in [1.82, 2.24) is 5.32 Å². The minimum atomic E-state index is -0.521. The number of halogens is 2. The quantitative estimate of drug-likeness (QED) is 0.843. The van der Waals surface area contributed by atoms with Crippen molar-refractivity contribution in [2.75, 3.05) is 12.3 Å². The number of nitrogens with two attached hydrogens (primary N) is 1. The van der Waals surface area contributed by atoms with Gasteiger partial charge in [0, 0.05) is 11.0 Å². The normalized spacial score (nSPS) is 15.4. The molecule has 92 valence electrons. The molecule has 1 fully saturated rings. The summed E-state index contributed by atoms with van der Waals surface area (Å²) in [6, 6.07) is 2.57. The molecule has 0 spiro atoms. The monoisotopic (exact) mass is 300 g/mol. The molecule has 1 aromatic carbocycles. The van der Waals surface area contributed by atoms with E-state index in [2.05, 4.69) is 21.2 Å². The highest BCUT2D eigenvalue weighted by Crippen LogP contribution is 2.26. The highest BCUT2D eigenvalue weighted by molar-refractivity contribution is 9.10. The molecule has 0 atom stereocenters. The van der Waals surface area contributed by atoms with Crippen LogP contribution in [-0.2, 0) is 0 Å². The predicted molar refractivity (Wildman–Crippen MR) is 68.2 cm³/mol. The molecule has 3 nitrogen and oxygen atoms in total. The maximum absolute atomic E-state index is 13.1. The zero-order chi connectivity index (χ0) is 12.4. The number of benzene rings is 1. The van der Waals surface area contributed by atoms with Crippen molar-refractivity contribution in [3.05, 3.63) is 28.0 Å². The van der Waals surface area contributed by atoms with Crippen LogP contribution < -0.4 is 11.1 Å². The molecule has 5 heteroatoms. The summed E-state index contributed by atoms with van der Waals surface area (Å²) in [4.78, 5) is 11.9. The molecule has 0 aromatic heterocycles. The van der Waals surface area contributed by atoms with Crippen LogP contribution in [0.25, 0.3) is 0 Å². The van der Waals surface area contributed by atoms with E-state index in [9.17, 15) is 9.18 Å². The van der Waals surface area contributed by atoms with Gasteiger partial charge in [-0.25, -0.2) is 4.39 Å². The average Bonchev–Trinajstić information content (AvgIpc) is 2.21. The summed E-state index contributed by atoms with van der Waals surface area (Å²) in [6.07, 6.45) is 3.59. The lowest BCUT2D eigenvalue weighted by Crippen LogP contribution is -2.32. The van der Waals surface area contributed by atoms with Crippen LogP contribution in [-0.4, -0.2) is 12.5 Å². The first-order valence-electron chi connectivity index (χ1n) is 5.60. The maximum atomic E-state index is 13.1. The lowest BCUT2D eigenvalue weighted by Gasteiger charge is -2.25. The van der Waals surface area contributed by atoms with Gasteiger partial charge in [-0.15, -0.1) is 0 Å². The fourth-order valence-electron chi connectivity index (χ4n) is 1.77. The van der Waals surface area contributed by atoms with E-state index in [0.29, 0.717) is 22.5 Å². The maximum Gasteiger partial charge on any atom is 0.252 e. The van der Waals surface area contributed by atoms with E-state index in [4.69, 9.17) is 5.73 Å². The zero-order valence-corrected chi connectivity index (χ0v) is 10.9. The second-order valence-electron chi connectivity index (χ2n) is 4.36. The SMILES string of the molecule is Nc1cc(C(=O)NCC2CCC2)c(Br)cc1F. The molecule has 0 heterocycles. The van der Waals surface area contributed by atoms with Crippen LogP contribution in [0.2, 0.25) is 0 Å². The minimum absolute atomic E-state index is 0.0120. The van der Waals surface area contributed by atoms with Crippen LogP contribution in [0.5, 0.6) is 0 Å². The Morgan fingerprint density at radius 3 is 2.82 bits per heavy atom. The van der Waals surface area contributed by atoms with E-state index < -0.39 is 5.82 Å². The topological polar surface area (TPSA) is 55.1 Å². The molecule has 1 aliphatic carbocycles. The minimum Gasteiger partial charge on any atom is -0.396 e. The van der Waals surface area contributed by atoms with Gasteiger partial charge in [-0.05, 0) is 46.8 Å². The molecule has 17 heavy (non-hydrogen) atoms. The molecular weight excluding hydrogens is 287 g/mol. The van der Waals surface area contributed by atoms with Crippen molar-refractivity contribution in [2.45, 2.75) is 19.3 Å². The molecule has 0 radical (unpaired) electrons. The van der Waals surface area contributed by atoms with E-state index in [0.717, 1.165) is 0 Å². The first-order valence-corrected chi connectivity index (χ1v) is 6.40. The number of nitrogen functional groups attached to an aromatic ring is 1. The van der Waals surface area contributed by atoms with Gasteiger partial charge in [-0.2, -0.15) is 0 Å². The Morgan fingerprint density at radius 2 is 2.24 bits per heavy atom. The summed E-state index contributed by atoms with van der Waals surface area (Å²) < 4.78 is 13.5. The van der Waals surface area contributed by atoms with E-state index >= 15 is 0 Å². The van der Waals surface area contributed by atoms with Crippen molar-refractivity contribution < 1.29 is 9.18 Å². The predicted octanol–water partition coefficient (Wildman–Crippen LogP) is 2.70. The molecule has 1 aliphatic rings. The lowest BCUT2D eigenvalue weighted by molar-refractivity contribution is 0.0938. The Morgan fingerprint density at radius 1 is 1.53 bits per heavy atom. The summed E-state index contributed by atoms with van der Waals surface area (Å²) in [5, 5.41) is 2.84. The smallest absolute Gasteiger partial charge is 0.252 e. The lowest BCUT2D eigenvalue weighted by atomic mass is 9.85. The number of rotatable bonds is 3. The van der Waals surface area contributed by atoms with Crippen LogP contribution in [0.1, 0.15) is 29.6 Å². The summed E-state index contributed by atoms with van der Waals surface area (Å²) in [6.45, 7) is 0.683. The number of carbonyl (C=O) groups excluding carboxylic acids is 1. The van der Waals surface area contributed by atoms with Gasteiger partial charge in [0.1, 0.15) is 5.82 Å². The van der Waals surface area contributed by atoms with E-state index in [1.54, 1.807) is 0 Å². The van der Waals surface area contributed by atoms with Crippen molar-refractivity contribution in [3.63, 3.8) is 0 Å². The second-order valence-corrected chi connectivity index (χ2v) is 5.21. The van der Waals surface area contributed by atoms with Crippen molar-refractivity contribution in [1.29, 1.82) is 0 Å². The molecule has 1 saturated carbocycles.